The molecule has 5 nitrogen and oxygen atoms in total. The fourth-order valence-corrected chi connectivity index (χ4v) is 3.03. The Morgan fingerprint density at radius 2 is 2.05 bits per heavy atom. The number of carbonyl (C=O) groups excluding carboxylic acids is 2. The van der Waals surface area contributed by atoms with Crippen LogP contribution < -0.4 is 5.32 Å². The predicted octanol–water partition coefficient (Wildman–Crippen LogP) is 1.48. The molecule has 2 aliphatic heterocycles. The lowest BCUT2D eigenvalue weighted by atomic mass is 9.94. The SMILES string of the molecule is O=C1NC(=O)N2C[C@H](CI)O[C@@H]2[C@H]1c1ccccc1. The van der Waals surface area contributed by atoms with Crippen molar-refractivity contribution in [1.29, 1.82) is 0 Å². The van der Waals surface area contributed by atoms with E-state index >= 15 is 0 Å². The van der Waals surface area contributed by atoms with Gasteiger partial charge in [0.05, 0.1) is 12.6 Å². The number of benzene rings is 1. The predicted molar refractivity (Wildman–Crippen MR) is 77.0 cm³/mol. The van der Waals surface area contributed by atoms with Crippen molar-refractivity contribution in [3.8, 4) is 0 Å². The Bertz CT molecular complexity index is 508. The van der Waals surface area contributed by atoms with Crippen LogP contribution in [0.2, 0.25) is 0 Å². The van der Waals surface area contributed by atoms with Crippen molar-refractivity contribution in [2.45, 2.75) is 18.2 Å². The van der Waals surface area contributed by atoms with E-state index in [2.05, 4.69) is 27.9 Å². The van der Waals surface area contributed by atoms with E-state index in [0.29, 0.717) is 6.54 Å². The Hall–Kier alpha value is -1.15. The monoisotopic (exact) mass is 372 g/mol. The number of carbonyl (C=O) groups is 2. The van der Waals surface area contributed by atoms with E-state index in [4.69, 9.17) is 4.74 Å². The molecule has 3 rings (SSSR count). The molecule has 1 aromatic rings. The Morgan fingerprint density at radius 1 is 1.32 bits per heavy atom. The molecule has 2 fully saturated rings. The van der Waals surface area contributed by atoms with Crippen LogP contribution >= 0.6 is 22.6 Å². The topological polar surface area (TPSA) is 58.6 Å². The van der Waals surface area contributed by atoms with E-state index < -0.39 is 12.1 Å². The van der Waals surface area contributed by atoms with Crippen LogP contribution in [0.15, 0.2) is 30.3 Å². The molecule has 0 aromatic heterocycles. The first-order chi connectivity index (χ1) is 9.20. The molecule has 3 atom stereocenters. The number of hydrogen-bond donors (Lipinski definition) is 1. The van der Waals surface area contributed by atoms with Crippen molar-refractivity contribution >= 4 is 34.5 Å². The van der Waals surface area contributed by atoms with Gasteiger partial charge in [-0.05, 0) is 5.56 Å². The molecule has 0 radical (unpaired) electrons. The zero-order chi connectivity index (χ0) is 13.4. The fourth-order valence-electron chi connectivity index (χ4n) is 2.54. The third-order valence-electron chi connectivity index (χ3n) is 3.43. The largest absolute Gasteiger partial charge is 0.351 e. The van der Waals surface area contributed by atoms with Gasteiger partial charge in [0.2, 0.25) is 5.91 Å². The van der Waals surface area contributed by atoms with E-state index in [1.807, 2.05) is 30.3 Å². The van der Waals surface area contributed by atoms with E-state index in [-0.39, 0.29) is 18.0 Å². The average molecular weight is 372 g/mol. The highest BCUT2D eigenvalue weighted by Gasteiger charge is 2.48. The summed E-state index contributed by atoms with van der Waals surface area (Å²) < 4.78 is 6.66. The number of amides is 3. The maximum absolute atomic E-state index is 12.1. The third-order valence-corrected chi connectivity index (χ3v) is 4.41. The molecule has 2 saturated heterocycles. The summed E-state index contributed by atoms with van der Waals surface area (Å²) >= 11 is 2.23. The first-order valence-corrected chi connectivity index (χ1v) is 7.61. The van der Waals surface area contributed by atoms with Crippen LogP contribution in [0.4, 0.5) is 4.79 Å². The molecule has 6 heteroatoms. The highest BCUT2D eigenvalue weighted by molar-refractivity contribution is 14.1. The molecule has 0 spiro atoms. The molecule has 19 heavy (non-hydrogen) atoms. The second kappa shape index (κ2) is 5.09. The standard InChI is InChI=1S/C13H13IN2O3/c14-6-9-7-16-12(19-9)10(11(17)15-13(16)18)8-4-2-1-3-5-8/h1-5,9-10,12H,6-7H2,(H,15,17,18)/t9-,10-,12+/m0/s1. The minimum absolute atomic E-state index is 0.00605. The molecule has 2 aliphatic rings. The van der Waals surface area contributed by atoms with Crippen LogP contribution in [0, 0.1) is 0 Å². The zero-order valence-electron chi connectivity index (χ0n) is 10.1. The number of ether oxygens (including phenoxy) is 1. The van der Waals surface area contributed by atoms with Gasteiger partial charge in [0.1, 0.15) is 12.1 Å². The quantitative estimate of drug-likeness (QED) is 0.632. The van der Waals surface area contributed by atoms with Gasteiger partial charge >= 0.3 is 6.03 Å². The number of imide groups is 1. The van der Waals surface area contributed by atoms with Gasteiger partial charge in [-0.3, -0.25) is 15.0 Å². The minimum Gasteiger partial charge on any atom is -0.351 e. The average Bonchev–Trinajstić information content (AvgIpc) is 2.84. The number of urea groups is 1. The van der Waals surface area contributed by atoms with Gasteiger partial charge < -0.3 is 4.74 Å². The van der Waals surface area contributed by atoms with Gasteiger partial charge in [0.25, 0.3) is 0 Å². The van der Waals surface area contributed by atoms with Gasteiger partial charge in [-0.1, -0.05) is 52.9 Å². The molecule has 100 valence electrons. The molecular weight excluding hydrogens is 359 g/mol. The second-order valence-corrected chi connectivity index (χ2v) is 5.52. The maximum atomic E-state index is 12.1. The number of nitrogens with one attached hydrogen (secondary N) is 1. The summed E-state index contributed by atoms with van der Waals surface area (Å²) in [5, 5.41) is 2.41. The minimum atomic E-state index is -0.483. The van der Waals surface area contributed by atoms with Crippen molar-refractivity contribution in [1.82, 2.24) is 10.2 Å². The van der Waals surface area contributed by atoms with Gasteiger partial charge in [-0.2, -0.15) is 0 Å². The maximum Gasteiger partial charge on any atom is 0.326 e. The van der Waals surface area contributed by atoms with Crippen molar-refractivity contribution in [2.75, 3.05) is 11.0 Å². The lowest BCUT2D eigenvalue weighted by molar-refractivity contribution is -0.129. The summed E-state index contributed by atoms with van der Waals surface area (Å²) in [4.78, 5) is 25.6. The number of halogens is 1. The van der Waals surface area contributed by atoms with Crippen LogP contribution in [0.3, 0.4) is 0 Å². The highest BCUT2D eigenvalue weighted by atomic mass is 127. The normalized spacial score (nSPS) is 30.2. The molecule has 3 amide bonds. The summed E-state index contributed by atoms with van der Waals surface area (Å²) in [7, 11) is 0. The number of rotatable bonds is 2. The number of hydrogen-bond acceptors (Lipinski definition) is 3. The van der Waals surface area contributed by atoms with Crippen molar-refractivity contribution in [3.05, 3.63) is 35.9 Å². The Morgan fingerprint density at radius 3 is 2.74 bits per heavy atom. The lowest BCUT2D eigenvalue weighted by Crippen LogP contribution is -2.56. The van der Waals surface area contributed by atoms with E-state index in [0.717, 1.165) is 9.99 Å². The van der Waals surface area contributed by atoms with Gasteiger partial charge in [0.15, 0.2) is 0 Å². The van der Waals surface area contributed by atoms with Crippen LogP contribution in [0.5, 0.6) is 0 Å². The van der Waals surface area contributed by atoms with Crippen molar-refractivity contribution < 1.29 is 14.3 Å². The smallest absolute Gasteiger partial charge is 0.326 e. The van der Waals surface area contributed by atoms with Gasteiger partial charge in [-0.15, -0.1) is 0 Å². The first kappa shape index (κ1) is 12.9. The molecule has 0 aliphatic carbocycles. The van der Waals surface area contributed by atoms with E-state index in [1.165, 1.54) is 0 Å². The molecule has 2 heterocycles. The van der Waals surface area contributed by atoms with E-state index in [1.54, 1.807) is 4.90 Å². The first-order valence-electron chi connectivity index (χ1n) is 6.08. The van der Waals surface area contributed by atoms with Gasteiger partial charge in [-0.25, -0.2) is 4.79 Å². The summed E-state index contributed by atoms with van der Waals surface area (Å²) in [5.74, 6) is -0.738. The van der Waals surface area contributed by atoms with Crippen molar-refractivity contribution in [3.63, 3.8) is 0 Å². The Kier molecular flexibility index (Phi) is 3.44. The number of alkyl halides is 1. The van der Waals surface area contributed by atoms with Crippen LogP contribution in [-0.4, -0.2) is 40.1 Å². The second-order valence-electron chi connectivity index (χ2n) is 4.64. The zero-order valence-corrected chi connectivity index (χ0v) is 12.2. The summed E-state index contributed by atoms with van der Waals surface area (Å²) in [6, 6.07) is 9.09. The molecule has 0 bridgehead atoms. The Labute approximate surface area is 124 Å². The molecule has 0 saturated carbocycles. The van der Waals surface area contributed by atoms with Gasteiger partial charge in [0, 0.05) is 4.43 Å². The van der Waals surface area contributed by atoms with Crippen LogP contribution in [-0.2, 0) is 9.53 Å². The van der Waals surface area contributed by atoms with E-state index in [9.17, 15) is 9.59 Å². The van der Waals surface area contributed by atoms with Crippen LogP contribution in [0.25, 0.3) is 0 Å². The number of nitrogens with zero attached hydrogens (tertiary/aromatic N) is 1. The molecule has 1 aromatic carbocycles. The molecule has 0 unspecified atom stereocenters. The fraction of sp³-hybridized carbons (Fsp3) is 0.385. The van der Waals surface area contributed by atoms with Crippen LogP contribution in [0.1, 0.15) is 11.5 Å². The summed E-state index contributed by atoms with van der Waals surface area (Å²) in [6.07, 6.45) is -0.489. The van der Waals surface area contributed by atoms with Crippen molar-refractivity contribution in [2.24, 2.45) is 0 Å². The number of fused-ring (bicyclic) bond motifs is 1. The third kappa shape index (κ3) is 2.23. The summed E-state index contributed by atoms with van der Waals surface area (Å²) in [6.45, 7) is 0.538. The molecule has 1 N–H and O–H groups in total. The molecular formula is C13H13IN2O3. The highest BCUT2D eigenvalue weighted by Crippen LogP contribution is 2.33. The summed E-state index contributed by atoms with van der Waals surface area (Å²) in [5.41, 5.74) is 0.872. The Balaban J connectivity index is 1.94. The lowest BCUT2D eigenvalue weighted by Gasteiger charge is -2.34.